The molecule has 2 saturated carbocycles. The van der Waals surface area contributed by atoms with Gasteiger partial charge in [0.25, 0.3) is 0 Å². The molecule has 136 valence electrons. The lowest BCUT2D eigenvalue weighted by atomic mass is 9.55. The number of fused-ring (bicyclic) bond motifs is 2. The Morgan fingerprint density at radius 2 is 2.23 bits per heavy atom. The molecule has 3 fully saturated rings. The summed E-state index contributed by atoms with van der Waals surface area (Å²) >= 11 is 0. The highest BCUT2D eigenvalue weighted by Gasteiger charge is 2.54. The third kappa shape index (κ3) is 2.66. The molecule has 0 aromatic carbocycles. The minimum atomic E-state index is -0.370. The highest BCUT2D eigenvalue weighted by Crippen LogP contribution is 2.57. The molecule has 0 N–H and O–H groups in total. The maximum atomic E-state index is 12.4. The quantitative estimate of drug-likeness (QED) is 0.463. The largest absolute Gasteiger partial charge is 0.458 e. The Kier molecular flexibility index (Phi) is 3.98. The van der Waals surface area contributed by atoms with Gasteiger partial charge >= 0.3 is 11.9 Å². The van der Waals surface area contributed by atoms with Crippen molar-refractivity contribution in [3.05, 3.63) is 54.4 Å². The van der Waals surface area contributed by atoms with Gasteiger partial charge in [-0.05, 0) is 54.7 Å². The van der Waals surface area contributed by atoms with E-state index in [1.165, 1.54) is 6.20 Å². The van der Waals surface area contributed by atoms with Crippen molar-refractivity contribution < 1.29 is 19.1 Å². The Labute approximate surface area is 153 Å². The summed E-state index contributed by atoms with van der Waals surface area (Å²) in [4.78, 5) is 28.2. The van der Waals surface area contributed by atoms with Crippen LogP contribution in [0.3, 0.4) is 0 Å². The van der Waals surface area contributed by atoms with E-state index in [0.29, 0.717) is 11.1 Å². The predicted octanol–water partition coefficient (Wildman–Crippen LogP) is 3.47. The zero-order valence-electron chi connectivity index (χ0n) is 14.9. The molecule has 5 heteroatoms. The predicted molar refractivity (Wildman–Crippen MR) is 95.2 cm³/mol. The first-order valence-corrected chi connectivity index (χ1v) is 9.08. The van der Waals surface area contributed by atoms with E-state index in [-0.39, 0.29) is 41.4 Å². The number of ether oxygens (including phenoxy) is 2. The Balaban J connectivity index is 1.51. The van der Waals surface area contributed by atoms with Gasteiger partial charge in [-0.1, -0.05) is 20.1 Å². The first kappa shape index (κ1) is 17.0. The molecule has 26 heavy (non-hydrogen) atoms. The molecular formula is C21H23NO4. The number of carbonyl (C=O) groups is 2. The fourth-order valence-corrected chi connectivity index (χ4v) is 4.85. The minimum Gasteiger partial charge on any atom is -0.458 e. The number of nitrogens with zero attached hydrogens (tertiary/aromatic N) is 1. The number of pyridine rings is 1. The standard InChI is InChI=1S/C21H23NO4/c1-12-15-9-16-13(2)17(25-20(24)14-5-4-8-22-11-14)6-7-21(16,3)10-18(15)26-19(12)23/h4-5,8,11,15-18H,1-2,6-7,9-10H2,3H3/t15-,16+,17-,18-,21-/m1/s1. The molecule has 5 atom stereocenters. The molecule has 4 rings (SSSR count). The first-order chi connectivity index (χ1) is 12.4. The highest BCUT2D eigenvalue weighted by atomic mass is 16.6. The lowest BCUT2D eigenvalue weighted by Gasteiger charge is -2.51. The number of rotatable bonds is 2. The van der Waals surface area contributed by atoms with Crippen molar-refractivity contribution in [2.45, 2.75) is 44.8 Å². The van der Waals surface area contributed by atoms with Gasteiger partial charge in [-0.15, -0.1) is 0 Å². The van der Waals surface area contributed by atoms with Crippen LogP contribution >= 0.6 is 0 Å². The first-order valence-electron chi connectivity index (χ1n) is 9.08. The number of carbonyl (C=O) groups excluding carboxylic acids is 2. The Hall–Kier alpha value is -2.43. The van der Waals surface area contributed by atoms with Crippen LogP contribution < -0.4 is 0 Å². The van der Waals surface area contributed by atoms with Gasteiger partial charge in [0.15, 0.2) is 0 Å². The Bertz CT molecular complexity index is 786. The van der Waals surface area contributed by atoms with E-state index in [4.69, 9.17) is 9.47 Å². The molecule has 0 radical (unpaired) electrons. The zero-order chi connectivity index (χ0) is 18.5. The van der Waals surface area contributed by atoms with Gasteiger partial charge in [0.1, 0.15) is 12.2 Å². The third-order valence-electron chi connectivity index (χ3n) is 6.40. The number of hydrogen-bond acceptors (Lipinski definition) is 5. The van der Waals surface area contributed by atoms with Crippen molar-refractivity contribution in [2.24, 2.45) is 17.3 Å². The van der Waals surface area contributed by atoms with Crippen LogP contribution in [0.1, 0.15) is 43.0 Å². The normalized spacial score (nSPS) is 36.1. The van der Waals surface area contributed by atoms with Gasteiger partial charge in [-0.2, -0.15) is 0 Å². The van der Waals surface area contributed by atoms with Gasteiger partial charge in [-0.3, -0.25) is 4.98 Å². The molecule has 2 aliphatic carbocycles. The van der Waals surface area contributed by atoms with Crippen LogP contribution in [-0.2, 0) is 14.3 Å². The van der Waals surface area contributed by atoms with Crippen LogP contribution in [0.25, 0.3) is 0 Å². The van der Waals surface area contributed by atoms with E-state index in [1.54, 1.807) is 18.3 Å². The monoisotopic (exact) mass is 353 g/mol. The van der Waals surface area contributed by atoms with Crippen LogP contribution in [0.4, 0.5) is 0 Å². The minimum absolute atomic E-state index is 0.0142. The number of hydrogen-bond donors (Lipinski definition) is 0. The molecule has 2 heterocycles. The van der Waals surface area contributed by atoms with E-state index in [0.717, 1.165) is 31.3 Å². The van der Waals surface area contributed by atoms with E-state index < -0.39 is 0 Å². The van der Waals surface area contributed by atoms with E-state index >= 15 is 0 Å². The summed E-state index contributed by atoms with van der Waals surface area (Å²) in [6.07, 6.45) is 6.01. The summed E-state index contributed by atoms with van der Waals surface area (Å²) in [6.45, 7) is 10.4. The Morgan fingerprint density at radius 1 is 1.42 bits per heavy atom. The summed E-state index contributed by atoms with van der Waals surface area (Å²) in [6, 6.07) is 3.41. The maximum Gasteiger partial charge on any atom is 0.340 e. The summed E-state index contributed by atoms with van der Waals surface area (Å²) in [5.74, 6) is -0.404. The molecule has 0 bridgehead atoms. The van der Waals surface area contributed by atoms with Gasteiger partial charge in [0, 0.05) is 23.9 Å². The molecule has 0 unspecified atom stereocenters. The molecular weight excluding hydrogens is 330 g/mol. The average molecular weight is 353 g/mol. The van der Waals surface area contributed by atoms with E-state index in [9.17, 15) is 9.59 Å². The fraction of sp³-hybridized carbons (Fsp3) is 0.476. The SMILES string of the molecule is C=C1C(=O)O[C@@H]2C[C@@]3(C)CC[C@@H](OC(=O)c4cccnc4)C(=C)[C@@H]3C[C@H]12. The lowest BCUT2D eigenvalue weighted by molar-refractivity contribution is -0.142. The number of aromatic nitrogens is 1. The zero-order valence-corrected chi connectivity index (χ0v) is 14.9. The van der Waals surface area contributed by atoms with Crippen LogP contribution in [0.5, 0.6) is 0 Å². The van der Waals surface area contributed by atoms with Crippen molar-refractivity contribution in [1.82, 2.24) is 4.98 Å². The van der Waals surface area contributed by atoms with Crippen LogP contribution in [0.2, 0.25) is 0 Å². The fourth-order valence-electron chi connectivity index (χ4n) is 4.85. The Morgan fingerprint density at radius 3 is 2.96 bits per heavy atom. The van der Waals surface area contributed by atoms with Gasteiger partial charge in [0.05, 0.1) is 5.56 Å². The summed E-state index contributed by atoms with van der Waals surface area (Å²) in [7, 11) is 0. The lowest BCUT2D eigenvalue weighted by Crippen LogP contribution is -2.47. The van der Waals surface area contributed by atoms with E-state index in [2.05, 4.69) is 25.1 Å². The summed E-state index contributed by atoms with van der Waals surface area (Å²) in [5, 5.41) is 0. The van der Waals surface area contributed by atoms with Gasteiger partial charge in [-0.25, -0.2) is 9.59 Å². The third-order valence-corrected chi connectivity index (χ3v) is 6.40. The van der Waals surface area contributed by atoms with Crippen LogP contribution in [-0.4, -0.2) is 29.1 Å². The van der Waals surface area contributed by atoms with Crippen molar-refractivity contribution >= 4 is 11.9 Å². The molecule has 0 amide bonds. The second kappa shape index (κ2) is 6.08. The molecule has 1 saturated heterocycles. The van der Waals surface area contributed by atoms with Gasteiger partial charge in [0.2, 0.25) is 0 Å². The van der Waals surface area contributed by atoms with Crippen LogP contribution in [0.15, 0.2) is 48.8 Å². The summed E-state index contributed by atoms with van der Waals surface area (Å²) < 4.78 is 11.3. The average Bonchev–Trinajstić information content (AvgIpc) is 2.90. The molecule has 1 aromatic rings. The molecule has 1 aliphatic heterocycles. The summed E-state index contributed by atoms with van der Waals surface area (Å²) in [5.41, 5.74) is 1.97. The van der Waals surface area contributed by atoms with Crippen molar-refractivity contribution in [1.29, 1.82) is 0 Å². The maximum absolute atomic E-state index is 12.4. The highest BCUT2D eigenvalue weighted by molar-refractivity contribution is 5.91. The van der Waals surface area contributed by atoms with Crippen molar-refractivity contribution in [3.8, 4) is 0 Å². The van der Waals surface area contributed by atoms with Gasteiger partial charge < -0.3 is 9.47 Å². The smallest absolute Gasteiger partial charge is 0.340 e. The molecule has 5 nitrogen and oxygen atoms in total. The molecule has 3 aliphatic rings. The van der Waals surface area contributed by atoms with Crippen molar-refractivity contribution in [3.63, 3.8) is 0 Å². The second-order valence-corrected chi connectivity index (χ2v) is 7.97. The topological polar surface area (TPSA) is 65.5 Å². The second-order valence-electron chi connectivity index (χ2n) is 7.97. The van der Waals surface area contributed by atoms with E-state index in [1.807, 2.05) is 0 Å². The van der Waals surface area contributed by atoms with Crippen LogP contribution in [0, 0.1) is 17.3 Å². The number of esters is 2. The molecule has 1 aromatic heterocycles. The molecule has 0 spiro atoms. The van der Waals surface area contributed by atoms with Crippen molar-refractivity contribution in [2.75, 3.05) is 0 Å².